The summed E-state index contributed by atoms with van der Waals surface area (Å²) in [6.45, 7) is 1.49. The van der Waals surface area contributed by atoms with Gasteiger partial charge in [0, 0.05) is 11.6 Å². The summed E-state index contributed by atoms with van der Waals surface area (Å²) in [5, 5.41) is 3.50. The van der Waals surface area contributed by atoms with E-state index in [1.54, 1.807) is 14.0 Å². The van der Waals surface area contributed by atoms with Crippen molar-refractivity contribution in [2.24, 2.45) is 0 Å². The number of thiazole rings is 1. The number of ether oxygens (including phenoxy) is 2. The normalized spacial score (nSPS) is 13.4. The predicted octanol–water partition coefficient (Wildman–Crippen LogP) is 2.56. The summed E-state index contributed by atoms with van der Waals surface area (Å²) in [6, 6.07) is 7.70. The fraction of sp³-hybridized carbons (Fsp3) is 0.353. The van der Waals surface area contributed by atoms with Crippen LogP contribution in [0.5, 0.6) is 5.75 Å². The Hall–Kier alpha value is -2.41. The fourth-order valence-electron chi connectivity index (χ4n) is 2.14. The second-order valence-electron chi connectivity index (χ2n) is 5.58. The van der Waals surface area contributed by atoms with Crippen molar-refractivity contribution in [2.45, 2.75) is 25.8 Å². The molecule has 1 saturated carbocycles. The Morgan fingerprint density at radius 2 is 2.00 bits per heavy atom. The average Bonchev–Trinajstić information content (AvgIpc) is 3.31. The third kappa shape index (κ3) is 3.91. The summed E-state index contributed by atoms with van der Waals surface area (Å²) < 4.78 is 10.2. The van der Waals surface area contributed by atoms with E-state index in [-0.39, 0.29) is 18.6 Å². The highest BCUT2D eigenvalue weighted by atomic mass is 32.1. The van der Waals surface area contributed by atoms with Crippen LogP contribution in [0.4, 0.5) is 0 Å². The molecule has 24 heavy (non-hydrogen) atoms. The minimum atomic E-state index is -0.518. The Morgan fingerprint density at radius 1 is 1.29 bits per heavy atom. The number of rotatable bonds is 6. The second kappa shape index (κ2) is 7.00. The molecule has 1 amide bonds. The number of aromatic nitrogens is 1. The summed E-state index contributed by atoms with van der Waals surface area (Å²) in [5.41, 5.74) is 1.49. The lowest BCUT2D eigenvalue weighted by molar-refractivity contribution is -0.124. The maximum absolute atomic E-state index is 12.2. The van der Waals surface area contributed by atoms with Gasteiger partial charge in [0.2, 0.25) is 0 Å². The summed E-state index contributed by atoms with van der Waals surface area (Å²) in [5.74, 6) is -0.0209. The molecule has 0 bridgehead atoms. The molecule has 3 rings (SSSR count). The van der Waals surface area contributed by atoms with Gasteiger partial charge in [0.25, 0.3) is 5.91 Å². The van der Waals surface area contributed by atoms with Gasteiger partial charge in [-0.15, -0.1) is 11.3 Å². The van der Waals surface area contributed by atoms with Crippen molar-refractivity contribution in [1.29, 1.82) is 0 Å². The Bertz CT molecular complexity index is 750. The number of methoxy groups -OCH3 is 1. The van der Waals surface area contributed by atoms with Crippen LogP contribution in [0, 0.1) is 6.92 Å². The first-order chi connectivity index (χ1) is 11.6. The molecule has 0 spiro atoms. The monoisotopic (exact) mass is 346 g/mol. The zero-order chi connectivity index (χ0) is 17.1. The number of hydrogen-bond donors (Lipinski definition) is 1. The molecule has 0 atom stereocenters. The maximum atomic E-state index is 12.2. The molecular weight excluding hydrogens is 328 g/mol. The number of nitrogens with one attached hydrogen (secondary N) is 1. The van der Waals surface area contributed by atoms with Gasteiger partial charge in [-0.2, -0.15) is 0 Å². The van der Waals surface area contributed by atoms with E-state index < -0.39 is 5.97 Å². The van der Waals surface area contributed by atoms with Gasteiger partial charge in [-0.05, 0) is 44.0 Å². The van der Waals surface area contributed by atoms with Crippen molar-refractivity contribution >= 4 is 23.2 Å². The van der Waals surface area contributed by atoms with E-state index in [0.717, 1.165) is 29.2 Å². The zero-order valence-corrected chi connectivity index (χ0v) is 14.3. The summed E-state index contributed by atoms with van der Waals surface area (Å²) >= 11 is 1.25. The van der Waals surface area contributed by atoms with Crippen LogP contribution in [0.2, 0.25) is 0 Å². The van der Waals surface area contributed by atoms with Crippen LogP contribution in [0.15, 0.2) is 24.3 Å². The summed E-state index contributed by atoms with van der Waals surface area (Å²) in [6.07, 6.45) is 2.00. The van der Waals surface area contributed by atoms with Crippen molar-refractivity contribution in [3.8, 4) is 16.3 Å². The van der Waals surface area contributed by atoms with Crippen molar-refractivity contribution < 1.29 is 19.1 Å². The smallest absolute Gasteiger partial charge is 0.350 e. The van der Waals surface area contributed by atoms with Crippen molar-refractivity contribution in [2.75, 3.05) is 13.7 Å². The van der Waals surface area contributed by atoms with E-state index in [0.29, 0.717) is 10.6 Å². The largest absolute Gasteiger partial charge is 0.497 e. The number of hydrogen-bond acceptors (Lipinski definition) is 6. The van der Waals surface area contributed by atoms with E-state index >= 15 is 0 Å². The molecule has 7 heteroatoms. The van der Waals surface area contributed by atoms with Crippen LogP contribution in [0.3, 0.4) is 0 Å². The van der Waals surface area contributed by atoms with Crippen molar-refractivity contribution in [1.82, 2.24) is 10.3 Å². The molecule has 1 aliphatic rings. The molecule has 2 aromatic rings. The van der Waals surface area contributed by atoms with Gasteiger partial charge < -0.3 is 14.8 Å². The first kappa shape index (κ1) is 16.4. The van der Waals surface area contributed by atoms with Gasteiger partial charge in [0.15, 0.2) is 6.61 Å². The van der Waals surface area contributed by atoms with Crippen LogP contribution in [0.25, 0.3) is 10.6 Å². The van der Waals surface area contributed by atoms with E-state index in [4.69, 9.17) is 9.47 Å². The lowest BCUT2D eigenvalue weighted by atomic mass is 10.2. The Morgan fingerprint density at radius 3 is 2.62 bits per heavy atom. The molecule has 0 saturated heterocycles. The highest BCUT2D eigenvalue weighted by Crippen LogP contribution is 2.29. The molecule has 0 unspecified atom stereocenters. The van der Waals surface area contributed by atoms with E-state index in [1.807, 2.05) is 24.3 Å². The number of nitrogens with zero attached hydrogens (tertiary/aromatic N) is 1. The van der Waals surface area contributed by atoms with Gasteiger partial charge in [-0.3, -0.25) is 4.79 Å². The van der Waals surface area contributed by atoms with Gasteiger partial charge in [-0.1, -0.05) is 0 Å². The zero-order valence-electron chi connectivity index (χ0n) is 13.5. The number of benzene rings is 1. The predicted molar refractivity (Wildman–Crippen MR) is 90.3 cm³/mol. The molecular formula is C17H18N2O4S. The van der Waals surface area contributed by atoms with Crippen LogP contribution in [-0.2, 0) is 9.53 Å². The van der Waals surface area contributed by atoms with Crippen LogP contribution < -0.4 is 10.1 Å². The number of aryl methyl sites for hydroxylation is 1. The number of amides is 1. The quantitative estimate of drug-likeness (QED) is 0.814. The average molecular weight is 346 g/mol. The van der Waals surface area contributed by atoms with E-state index in [2.05, 4.69) is 10.3 Å². The Balaban J connectivity index is 1.65. The third-order valence-corrected chi connectivity index (χ3v) is 4.78. The first-order valence-corrected chi connectivity index (χ1v) is 8.47. The molecule has 0 aliphatic heterocycles. The van der Waals surface area contributed by atoms with E-state index in [9.17, 15) is 9.59 Å². The number of esters is 1. The van der Waals surface area contributed by atoms with Gasteiger partial charge >= 0.3 is 5.97 Å². The molecule has 126 valence electrons. The molecule has 1 N–H and O–H groups in total. The molecule has 1 heterocycles. The highest BCUT2D eigenvalue weighted by Gasteiger charge is 2.24. The summed E-state index contributed by atoms with van der Waals surface area (Å²) in [4.78, 5) is 28.6. The third-order valence-electron chi connectivity index (χ3n) is 3.60. The van der Waals surface area contributed by atoms with Gasteiger partial charge in [0.1, 0.15) is 15.6 Å². The van der Waals surface area contributed by atoms with Crippen molar-refractivity contribution in [3.05, 3.63) is 34.8 Å². The standard InChI is InChI=1S/C17H18N2O4S/c1-10-15(17(21)23-9-14(20)19-12-5-6-12)24-16(18-10)11-3-7-13(22-2)8-4-11/h3-4,7-8,12H,5-6,9H2,1-2H3,(H,19,20). The molecule has 1 aromatic carbocycles. The SMILES string of the molecule is COc1ccc(-c2nc(C)c(C(=O)OCC(=O)NC3CC3)s2)cc1. The summed E-state index contributed by atoms with van der Waals surface area (Å²) in [7, 11) is 1.61. The molecule has 6 nitrogen and oxygen atoms in total. The van der Waals surface area contributed by atoms with Gasteiger partial charge in [0.05, 0.1) is 12.8 Å². The van der Waals surface area contributed by atoms with Crippen LogP contribution in [-0.4, -0.2) is 36.6 Å². The van der Waals surface area contributed by atoms with Crippen molar-refractivity contribution in [3.63, 3.8) is 0 Å². The van der Waals surface area contributed by atoms with E-state index in [1.165, 1.54) is 11.3 Å². The van der Waals surface area contributed by atoms with Gasteiger partial charge in [-0.25, -0.2) is 9.78 Å². The highest BCUT2D eigenvalue weighted by molar-refractivity contribution is 7.17. The minimum absolute atomic E-state index is 0.253. The lowest BCUT2D eigenvalue weighted by Crippen LogP contribution is -2.30. The van der Waals surface area contributed by atoms with Crippen LogP contribution >= 0.6 is 11.3 Å². The molecule has 1 aromatic heterocycles. The Labute approximate surface area is 143 Å². The lowest BCUT2D eigenvalue weighted by Gasteiger charge is -2.04. The number of carbonyl (C=O) groups excluding carboxylic acids is 2. The fourth-order valence-corrected chi connectivity index (χ4v) is 3.10. The molecule has 1 aliphatic carbocycles. The van der Waals surface area contributed by atoms with Crippen LogP contribution in [0.1, 0.15) is 28.2 Å². The Kier molecular flexibility index (Phi) is 4.80. The second-order valence-corrected chi connectivity index (χ2v) is 6.58. The number of carbonyl (C=O) groups is 2. The molecule has 1 fully saturated rings. The molecule has 0 radical (unpaired) electrons. The first-order valence-electron chi connectivity index (χ1n) is 7.65. The topological polar surface area (TPSA) is 77.5 Å². The maximum Gasteiger partial charge on any atom is 0.350 e. The minimum Gasteiger partial charge on any atom is -0.497 e.